The predicted octanol–water partition coefficient (Wildman–Crippen LogP) is 4.53. The van der Waals surface area contributed by atoms with Gasteiger partial charge in [-0.3, -0.25) is 4.57 Å². The molecule has 2 heterocycles. The summed E-state index contributed by atoms with van der Waals surface area (Å²) in [5.41, 5.74) is 2.76. The highest BCUT2D eigenvalue weighted by atomic mass is 35.5. The molecule has 0 aliphatic carbocycles. The first-order valence-electron chi connectivity index (χ1n) is 8.63. The molecule has 0 aliphatic rings. The van der Waals surface area contributed by atoms with Gasteiger partial charge in [-0.05, 0) is 12.0 Å². The number of rotatable bonds is 8. The van der Waals surface area contributed by atoms with E-state index in [9.17, 15) is 5.11 Å². The van der Waals surface area contributed by atoms with Crippen LogP contribution in [0.25, 0.3) is 11.2 Å². The van der Waals surface area contributed by atoms with Crippen LogP contribution in [0.3, 0.4) is 0 Å². The zero-order chi connectivity index (χ0) is 18.4. The van der Waals surface area contributed by atoms with Crippen LogP contribution in [0.2, 0.25) is 5.02 Å². The van der Waals surface area contributed by atoms with Crippen LogP contribution < -0.4 is 0 Å². The molecule has 1 N–H and O–H groups in total. The number of aromatic hydroxyl groups is 1. The number of halogens is 1. The van der Waals surface area contributed by atoms with Gasteiger partial charge in [0.25, 0.3) is 6.01 Å². The van der Waals surface area contributed by atoms with Crippen LogP contribution in [0.4, 0.5) is 0 Å². The second-order valence-electron chi connectivity index (χ2n) is 5.96. The number of aryl methyl sites for hydroxylation is 1. The van der Waals surface area contributed by atoms with Gasteiger partial charge in [-0.15, -0.1) is 0 Å². The first kappa shape index (κ1) is 18.2. The van der Waals surface area contributed by atoms with E-state index in [1.807, 2.05) is 30.3 Å². The Labute approximate surface area is 157 Å². The van der Waals surface area contributed by atoms with Gasteiger partial charge in [-0.25, -0.2) is 4.98 Å². The number of hydrogen-bond donors (Lipinski definition) is 1. The number of nitrogens with zero attached hydrogens (tertiary/aromatic N) is 4. The van der Waals surface area contributed by atoms with E-state index in [0.29, 0.717) is 34.9 Å². The third-order valence-corrected chi connectivity index (χ3v) is 4.36. The number of fused-ring (bicyclic) bond motifs is 1. The van der Waals surface area contributed by atoms with Gasteiger partial charge in [-0.2, -0.15) is 4.98 Å². The summed E-state index contributed by atoms with van der Waals surface area (Å²) in [5.74, 6) is 0. The molecule has 7 heteroatoms. The summed E-state index contributed by atoms with van der Waals surface area (Å²) in [6, 6.07) is 9.71. The molecule has 136 valence electrons. The van der Waals surface area contributed by atoms with Crippen molar-refractivity contribution >= 4 is 29.0 Å². The summed E-state index contributed by atoms with van der Waals surface area (Å²) >= 11 is 6.31. The van der Waals surface area contributed by atoms with Crippen LogP contribution in [-0.4, -0.2) is 25.9 Å². The first-order valence-corrected chi connectivity index (χ1v) is 9.01. The van der Waals surface area contributed by atoms with Gasteiger partial charge in [0.05, 0.1) is 11.2 Å². The molecule has 0 aliphatic heterocycles. The molecule has 1 aromatic carbocycles. The van der Waals surface area contributed by atoms with Crippen molar-refractivity contribution in [2.75, 3.05) is 0 Å². The predicted molar refractivity (Wildman–Crippen MR) is 103 cm³/mol. The summed E-state index contributed by atoms with van der Waals surface area (Å²) < 4.78 is 1.72. The molecule has 0 fully saturated rings. The van der Waals surface area contributed by atoms with E-state index in [-0.39, 0.29) is 6.01 Å². The molecular formula is C19H21ClN4O2. The van der Waals surface area contributed by atoms with Crippen molar-refractivity contribution in [2.24, 2.45) is 5.16 Å². The van der Waals surface area contributed by atoms with Gasteiger partial charge in [0.15, 0.2) is 5.65 Å². The molecule has 0 radical (unpaired) electrons. The van der Waals surface area contributed by atoms with Crippen molar-refractivity contribution in [3.63, 3.8) is 0 Å². The summed E-state index contributed by atoms with van der Waals surface area (Å²) in [4.78, 5) is 13.7. The molecule has 0 bridgehead atoms. The lowest BCUT2D eigenvalue weighted by Crippen LogP contribution is -2.01. The first-order chi connectivity index (χ1) is 12.7. The van der Waals surface area contributed by atoms with E-state index >= 15 is 0 Å². The zero-order valence-corrected chi connectivity index (χ0v) is 15.4. The summed E-state index contributed by atoms with van der Waals surface area (Å²) in [6.07, 6.45) is 6.14. The molecule has 0 unspecified atom stereocenters. The van der Waals surface area contributed by atoms with E-state index in [1.165, 1.54) is 6.20 Å². The van der Waals surface area contributed by atoms with Crippen molar-refractivity contribution in [3.05, 3.63) is 52.7 Å². The lowest BCUT2D eigenvalue weighted by Gasteiger charge is -2.07. The number of hydrogen-bond acceptors (Lipinski definition) is 5. The van der Waals surface area contributed by atoms with E-state index in [2.05, 4.69) is 22.0 Å². The van der Waals surface area contributed by atoms with Gasteiger partial charge < -0.3 is 9.94 Å². The van der Waals surface area contributed by atoms with Crippen molar-refractivity contribution in [1.29, 1.82) is 0 Å². The standard InChI is InChI=1S/C19H21ClN4O2/c1-2-3-7-10-24-17-15(16(20)12-21-18(17)23-19(24)25)11-22-26-13-14-8-5-4-6-9-14/h4-6,8-9,11-12H,2-3,7,10,13H2,1H3,(H,21,23,25)/b22-11-. The second kappa shape index (κ2) is 8.67. The number of unbranched alkanes of at least 4 members (excludes halogenated alkanes) is 2. The molecular weight excluding hydrogens is 352 g/mol. The van der Waals surface area contributed by atoms with Crippen LogP contribution in [0, 0.1) is 0 Å². The molecule has 26 heavy (non-hydrogen) atoms. The van der Waals surface area contributed by atoms with E-state index < -0.39 is 0 Å². The quantitative estimate of drug-likeness (QED) is 0.358. The normalized spacial score (nSPS) is 11.5. The van der Waals surface area contributed by atoms with E-state index in [1.54, 1.807) is 10.8 Å². The lowest BCUT2D eigenvalue weighted by atomic mass is 10.2. The monoisotopic (exact) mass is 372 g/mol. The Morgan fingerprint density at radius 1 is 1.27 bits per heavy atom. The SMILES string of the molecule is CCCCCn1c(O)nc2ncc(Cl)c(/C=N\OCc3ccccc3)c21. The highest BCUT2D eigenvalue weighted by Gasteiger charge is 2.16. The van der Waals surface area contributed by atoms with Crippen LogP contribution in [0.5, 0.6) is 6.01 Å². The Bertz CT molecular complexity index is 893. The molecule has 3 aromatic rings. The average Bonchev–Trinajstić information content (AvgIpc) is 2.97. The number of pyridine rings is 1. The topological polar surface area (TPSA) is 72.5 Å². The van der Waals surface area contributed by atoms with Gasteiger partial charge in [0, 0.05) is 18.3 Å². The Hall–Kier alpha value is -2.60. The molecule has 2 aromatic heterocycles. The molecule has 3 rings (SSSR count). The van der Waals surface area contributed by atoms with Crippen molar-refractivity contribution in [2.45, 2.75) is 39.3 Å². The maximum atomic E-state index is 10.2. The fourth-order valence-electron chi connectivity index (χ4n) is 2.72. The van der Waals surface area contributed by atoms with Gasteiger partial charge in [-0.1, -0.05) is 66.9 Å². The third-order valence-electron chi connectivity index (χ3n) is 4.06. The van der Waals surface area contributed by atoms with Crippen molar-refractivity contribution < 1.29 is 9.94 Å². The molecule has 0 amide bonds. The molecule has 0 saturated carbocycles. The summed E-state index contributed by atoms with van der Waals surface area (Å²) in [5, 5.41) is 14.6. The molecule has 6 nitrogen and oxygen atoms in total. The minimum Gasteiger partial charge on any atom is -0.480 e. The average molecular weight is 373 g/mol. The van der Waals surface area contributed by atoms with Crippen LogP contribution in [-0.2, 0) is 18.0 Å². The Kier molecular flexibility index (Phi) is 6.07. The third kappa shape index (κ3) is 4.14. The minimum atomic E-state index is -0.0641. The molecule has 0 saturated heterocycles. The van der Waals surface area contributed by atoms with E-state index in [0.717, 1.165) is 24.8 Å². The second-order valence-corrected chi connectivity index (χ2v) is 6.36. The fraction of sp³-hybridized carbons (Fsp3) is 0.316. The summed E-state index contributed by atoms with van der Waals surface area (Å²) in [6.45, 7) is 3.14. The maximum Gasteiger partial charge on any atom is 0.296 e. The van der Waals surface area contributed by atoms with Crippen LogP contribution in [0.1, 0.15) is 37.3 Å². The van der Waals surface area contributed by atoms with Crippen molar-refractivity contribution in [3.8, 4) is 6.01 Å². The zero-order valence-electron chi connectivity index (χ0n) is 14.6. The Balaban J connectivity index is 1.84. The van der Waals surface area contributed by atoms with Crippen LogP contribution >= 0.6 is 11.6 Å². The van der Waals surface area contributed by atoms with E-state index in [4.69, 9.17) is 16.4 Å². The Morgan fingerprint density at radius 2 is 2.08 bits per heavy atom. The van der Waals surface area contributed by atoms with Crippen molar-refractivity contribution in [1.82, 2.24) is 14.5 Å². The van der Waals surface area contributed by atoms with Crippen LogP contribution in [0.15, 0.2) is 41.7 Å². The smallest absolute Gasteiger partial charge is 0.296 e. The lowest BCUT2D eigenvalue weighted by molar-refractivity contribution is 0.132. The molecule has 0 atom stereocenters. The largest absolute Gasteiger partial charge is 0.480 e. The minimum absolute atomic E-state index is 0.0641. The van der Waals surface area contributed by atoms with Gasteiger partial charge in [0.2, 0.25) is 0 Å². The Morgan fingerprint density at radius 3 is 2.85 bits per heavy atom. The maximum absolute atomic E-state index is 10.2. The number of oxime groups is 1. The number of benzene rings is 1. The number of aromatic nitrogens is 3. The summed E-state index contributed by atoms with van der Waals surface area (Å²) in [7, 11) is 0. The number of imidazole rings is 1. The van der Waals surface area contributed by atoms with Gasteiger partial charge in [0.1, 0.15) is 12.1 Å². The molecule has 0 spiro atoms. The fourth-order valence-corrected chi connectivity index (χ4v) is 2.90. The highest BCUT2D eigenvalue weighted by molar-refractivity contribution is 6.34. The van der Waals surface area contributed by atoms with Gasteiger partial charge >= 0.3 is 0 Å². The highest BCUT2D eigenvalue weighted by Crippen LogP contribution is 2.27.